The fourth-order valence-corrected chi connectivity index (χ4v) is 5.76. The molecule has 9 nitrogen and oxygen atoms in total. The highest BCUT2D eigenvalue weighted by molar-refractivity contribution is 7.92. The number of aromatic nitrogens is 4. The molecule has 0 spiro atoms. The Kier molecular flexibility index (Phi) is 7.59. The third kappa shape index (κ3) is 5.55. The third-order valence-electron chi connectivity index (χ3n) is 6.81. The fraction of sp³-hybridized carbons (Fsp3) is 0.0606. The molecule has 6 rings (SSSR count). The van der Waals surface area contributed by atoms with E-state index in [-0.39, 0.29) is 10.8 Å². The second kappa shape index (κ2) is 11.8. The molecule has 0 bridgehead atoms. The first-order chi connectivity index (χ1) is 21.0. The van der Waals surface area contributed by atoms with Gasteiger partial charge in [0.05, 0.1) is 30.5 Å². The molecular formula is C33H27N5O4S. The first kappa shape index (κ1) is 27.7. The zero-order valence-electron chi connectivity index (χ0n) is 23.4. The highest BCUT2D eigenvalue weighted by Crippen LogP contribution is 2.40. The van der Waals surface area contributed by atoms with Crippen molar-refractivity contribution in [3.8, 4) is 51.1 Å². The first-order valence-corrected chi connectivity index (χ1v) is 14.8. The summed E-state index contributed by atoms with van der Waals surface area (Å²) in [5.74, 6) is 1.80. The largest absolute Gasteiger partial charge is 0.493 e. The van der Waals surface area contributed by atoms with Gasteiger partial charge in [-0.15, -0.1) is 0 Å². The predicted molar refractivity (Wildman–Crippen MR) is 166 cm³/mol. The summed E-state index contributed by atoms with van der Waals surface area (Å²) < 4.78 is 41.8. The monoisotopic (exact) mass is 589 g/mol. The maximum atomic E-state index is 13.1. The number of nitrogens with zero attached hydrogens (tertiary/aromatic N) is 4. The van der Waals surface area contributed by atoms with Gasteiger partial charge in [-0.2, -0.15) is 0 Å². The number of methoxy groups -OCH3 is 2. The lowest BCUT2D eigenvalue weighted by molar-refractivity contribution is 0.355. The summed E-state index contributed by atoms with van der Waals surface area (Å²) in [6.45, 7) is 0. The van der Waals surface area contributed by atoms with Gasteiger partial charge >= 0.3 is 0 Å². The van der Waals surface area contributed by atoms with Crippen LogP contribution < -0.4 is 14.2 Å². The zero-order valence-corrected chi connectivity index (χ0v) is 24.2. The molecule has 0 saturated heterocycles. The number of imidazole rings is 1. The van der Waals surface area contributed by atoms with Gasteiger partial charge in [-0.05, 0) is 48.5 Å². The predicted octanol–water partition coefficient (Wildman–Crippen LogP) is 6.48. The summed E-state index contributed by atoms with van der Waals surface area (Å²) in [7, 11) is -0.741. The molecule has 10 heteroatoms. The zero-order chi connectivity index (χ0) is 29.8. The molecule has 2 aromatic heterocycles. The van der Waals surface area contributed by atoms with Crippen LogP contribution in [0.2, 0.25) is 0 Å². The lowest BCUT2D eigenvalue weighted by Crippen LogP contribution is -2.15. The first-order valence-electron chi connectivity index (χ1n) is 13.3. The Labute approximate surface area is 249 Å². The van der Waals surface area contributed by atoms with Crippen LogP contribution in [0.25, 0.3) is 39.6 Å². The van der Waals surface area contributed by atoms with Gasteiger partial charge in [0.2, 0.25) is 5.95 Å². The fourth-order valence-electron chi connectivity index (χ4n) is 4.81. The molecule has 0 aliphatic heterocycles. The van der Waals surface area contributed by atoms with E-state index < -0.39 is 10.0 Å². The van der Waals surface area contributed by atoms with Gasteiger partial charge in [0.15, 0.2) is 11.5 Å². The number of hydrogen-bond acceptors (Lipinski definition) is 7. The van der Waals surface area contributed by atoms with Gasteiger partial charge in [-0.3, -0.25) is 4.57 Å². The van der Waals surface area contributed by atoms with E-state index >= 15 is 0 Å². The summed E-state index contributed by atoms with van der Waals surface area (Å²) >= 11 is 0. The standard InChI is InChI=1S/C33H27N5O4S/c1-41-28-19-14-25(22-29(28)42-2)32-36-30(23-10-5-3-6-11-23)31(24-12-7-4-8-13-24)38(32)26-15-17-27(18-16-26)43(39,40)37-33-34-20-9-21-35-33/h3-22H,1-2H3,(H,34,35,37). The Morgan fingerprint density at radius 2 is 1.30 bits per heavy atom. The average Bonchev–Trinajstić information content (AvgIpc) is 3.46. The topological polar surface area (TPSA) is 108 Å². The van der Waals surface area contributed by atoms with Crippen LogP contribution in [0.15, 0.2) is 126 Å². The Morgan fingerprint density at radius 1 is 0.674 bits per heavy atom. The van der Waals surface area contributed by atoms with Crippen molar-refractivity contribution in [1.29, 1.82) is 0 Å². The number of nitrogens with one attached hydrogen (secondary N) is 1. The van der Waals surface area contributed by atoms with Crippen LogP contribution in [0.5, 0.6) is 11.5 Å². The van der Waals surface area contributed by atoms with Crippen LogP contribution in [0.4, 0.5) is 5.95 Å². The van der Waals surface area contributed by atoms with Crippen LogP contribution in [-0.4, -0.2) is 42.2 Å². The van der Waals surface area contributed by atoms with E-state index in [1.54, 1.807) is 44.6 Å². The van der Waals surface area contributed by atoms with Crippen molar-refractivity contribution in [1.82, 2.24) is 19.5 Å². The average molecular weight is 590 g/mol. The van der Waals surface area contributed by atoms with Crippen molar-refractivity contribution in [2.45, 2.75) is 4.90 Å². The molecule has 6 aromatic rings. The second-order valence-electron chi connectivity index (χ2n) is 9.44. The van der Waals surface area contributed by atoms with Crippen LogP contribution in [0.1, 0.15) is 0 Å². The molecule has 43 heavy (non-hydrogen) atoms. The van der Waals surface area contributed by atoms with E-state index in [4.69, 9.17) is 14.5 Å². The van der Waals surface area contributed by atoms with Crippen molar-refractivity contribution >= 4 is 16.0 Å². The van der Waals surface area contributed by atoms with Crippen molar-refractivity contribution in [3.63, 3.8) is 0 Å². The quantitative estimate of drug-likeness (QED) is 0.206. The Hall–Kier alpha value is -5.48. The number of anilines is 1. The van der Waals surface area contributed by atoms with E-state index in [0.29, 0.717) is 23.0 Å². The number of hydrogen-bond donors (Lipinski definition) is 1. The molecule has 0 aliphatic carbocycles. The molecule has 0 saturated carbocycles. The molecule has 1 N–H and O–H groups in total. The minimum Gasteiger partial charge on any atom is -0.493 e. The number of rotatable bonds is 9. The molecule has 0 radical (unpaired) electrons. The lowest BCUT2D eigenvalue weighted by Gasteiger charge is -2.15. The normalized spacial score (nSPS) is 11.2. The van der Waals surface area contributed by atoms with Crippen LogP contribution in [0.3, 0.4) is 0 Å². The summed E-state index contributed by atoms with van der Waals surface area (Å²) in [5.41, 5.74) is 5.01. The smallest absolute Gasteiger partial charge is 0.264 e. The third-order valence-corrected chi connectivity index (χ3v) is 8.15. The summed E-state index contributed by atoms with van der Waals surface area (Å²) in [6.07, 6.45) is 2.94. The molecule has 0 amide bonds. The molecule has 0 aliphatic rings. The van der Waals surface area contributed by atoms with E-state index in [0.717, 1.165) is 28.1 Å². The van der Waals surface area contributed by atoms with E-state index in [1.165, 1.54) is 12.4 Å². The van der Waals surface area contributed by atoms with E-state index in [1.807, 2.05) is 83.4 Å². The molecule has 2 heterocycles. The Bertz CT molecular complexity index is 1960. The summed E-state index contributed by atoms with van der Waals surface area (Å²) in [5, 5.41) is 0. The molecule has 0 atom stereocenters. The summed E-state index contributed by atoms with van der Waals surface area (Å²) in [6, 6.07) is 33.8. The van der Waals surface area contributed by atoms with Gasteiger partial charge in [0, 0.05) is 34.8 Å². The maximum absolute atomic E-state index is 13.1. The Balaban J connectivity index is 1.56. The van der Waals surface area contributed by atoms with Crippen molar-refractivity contribution < 1.29 is 17.9 Å². The van der Waals surface area contributed by atoms with Crippen LogP contribution in [0, 0.1) is 0 Å². The van der Waals surface area contributed by atoms with E-state index in [2.05, 4.69) is 14.7 Å². The minimum absolute atomic E-state index is 0.00390. The van der Waals surface area contributed by atoms with Gasteiger partial charge in [-0.25, -0.2) is 28.1 Å². The SMILES string of the molecule is COc1ccc(-c2nc(-c3ccccc3)c(-c3ccccc3)n2-c2ccc(S(=O)(=O)Nc3ncccn3)cc2)cc1OC. The number of benzene rings is 4. The number of sulfonamides is 1. The highest BCUT2D eigenvalue weighted by atomic mass is 32.2. The van der Waals surface area contributed by atoms with E-state index in [9.17, 15) is 8.42 Å². The van der Waals surface area contributed by atoms with Crippen LogP contribution in [-0.2, 0) is 10.0 Å². The van der Waals surface area contributed by atoms with Gasteiger partial charge in [0.25, 0.3) is 10.0 Å². The highest BCUT2D eigenvalue weighted by Gasteiger charge is 2.24. The van der Waals surface area contributed by atoms with Gasteiger partial charge in [0.1, 0.15) is 5.82 Å². The minimum atomic E-state index is -3.92. The van der Waals surface area contributed by atoms with Crippen molar-refractivity contribution in [3.05, 3.63) is 122 Å². The molecule has 0 unspecified atom stereocenters. The Morgan fingerprint density at radius 3 is 1.93 bits per heavy atom. The molecule has 0 fully saturated rings. The van der Waals surface area contributed by atoms with Crippen molar-refractivity contribution in [2.75, 3.05) is 18.9 Å². The van der Waals surface area contributed by atoms with Gasteiger partial charge in [-0.1, -0.05) is 60.7 Å². The number of ether oxygens (including phenoxy) is 2. The molecule has 214 valence electrons. The second-order valence-corrected chi connectivity index (χ2v) is 11.1. The van der Waals surface area contributed by atoms with Crippen molar-refractivity contribution in [2.24, 2.45) is 0 Å². The molecular weight excluding hydrogens is 562 g/mol. The molecule has 4 aromatic carbocycles. The van der Waals surface area contributed by atoms with Gasteiger partial charge < -0.3 is 9.47 Å². The van der Waals surface area contributed by atoms with Crippen LogP contribution >= 0.6 is 0 Å². The lowest BCUT2D eigenvalue weighted by atomic mass is 10.0. The summed E-state index contributed by atoms with van der Waals surface area (Å²) in [4.78, 5) is 13.2. The maximum Gasteiger partial charge on any atom is 0.264 e.